The Morgan fingerprint density at radius 2 is 1.95 bits per heavy atom. The fourth-order valence-corrected chi connectivity index (χ4v) is 3.06. The summed E-state index contributed by atoms with van der Waals surface area (Å²) in [5, 5.41) is 3.40. The largest absolute Gasteiger partial charge is 0.492 e. The van der Waals surface area contributed by atoms with Crippen molar-refractivity contribution in [2.24, 2.45) is 5.73 Å². The van der Waals surface area contributed by atoms with Gasteiger partial charge in [-0.3, -0.25) is 0 Å². The van der Waals surface area contributed by atoms with Gasteiger partial charge in [0.2, 0.25) is 0 Å². The van der Waals surface area contributed by atoms with Crippen LogP contribution in [0.15, 0.2) is 48.5 Å². The van der Waals surface area contributed by atoms with Gasteiger partial charge in [-0.25, -0.2) is 0 Å². The van der Waals surface area contributed by atoms with Crippen molar-refractivity contribution in [2.75, 3.05) is 13.7 Å². The van der Waals surface area contributed by atoms with E-state index in [4.69, 9.17) is 10.5 Å². The molecule has 0 saturated heterocycles. The first kappa shape index (κ1) is 14.1. The quantitative estimate of drug-likeness (QED) is 0.905. The van der Waals surface area contributed by atoms with Crippen LogP contribution in [0.5, 0.6) is 5.75 Å². The first-order valence-corrected chi connectivity index (χ1v) is 7.48. The van der Waals surface area contributed by atoms with E-state index in [0.29, 0.717) is 25.1 Å². The standard InChI is InChI=1S/C18H22N2O/c1-20-17-12-21-18-8-7-14(11-19)10-16(18)15(17)9-13-5-3-2-4-6-13/h2-8,10,15,17,20H,9,11-12,19H2,1H3/t15-,17-/m1/s1. The van der Waals surface area contributed by atoms with Gasteiger partial charge in [0.05, 0.1) is 0 Å². The van der Waals surface area contributed by atoms with E-state index in [0.717, 1.165) is 17.7 Å². The Bertz CT molecular complexity index is 597. The zero-order valence-electron chi connectivity index (χ0n) is 12.4. The molecular weight excluding hydrogens is 260 g/mol. The molecule has 0 aromatic heterocycles. The van der Waals surface area contributed by atoms with E-state index >= 15 is 0 Å². The van der Waals surface area contributed by atoms with E-state index in [2.05, 4.69) is 53.8 Å². The number of nitrogens with two attached hydrogens (primary N) is 1. The monoisotopic (exact) mass is 282 g/mol. The molecule has 1 heterocycles. The Hall–Kier alpha value is -1.84. The van der Waals surface area contributed by atoms with Crippen molar-refractivity contribution >= 4 is 0 Å². The van der Waals surface area contributed by atoms with Crippen LogP contribution in [0.4, 0.5) is 0 Å². The summed E-state index contributed by atoms with van der Waals surface area (Å²) in [6.45, 7) is 1.28. The molecule has 110 valence electrons. The summed E-state index contributed by atoms with van der Waals surface area (Å²) in [7, 11) is 2.00. The van der Waals surface area contributed by atoms with Crippen molar-refractivity contribution in [2.45, 2.75) is 24.9 Å². The Labute approximate surface area is 126 Å². The highest BCUT2D eigenvalue weighted by atomic mass is 16.5. The lowest BCUT2D eigenvalue weighted by Crippen LogP contribution is -2.41. The molecule has 0 spiro atoms. The summed E-state index contributed by atoms with van der Waals surface area (Å²) in [4.78, 5) is 0. The third kappa shape index (κ3) is 2.94. The normalized spacial score (nSPS) is 20.7. The average Bonchev–Trinajstić information content (AvgIpc) is 2.55. The van der Waals surface area contributed by atoms with Gasteiger partial charge in [-0.05, 0) is 36.2 Å². The number of fused-ring (bicyclic) bond motifs is 1. The van der Waals surface area contributed by atoms with Crippen LogP contribution in [0.25, 0.3) is 0 Å². The van der Waals surface area contributed by atoms with Crippen LogP contribution in [-0.4, -0.2) is 19.7 Å². The third-order valence-corrected chi connectivity index (χ3v) is 4.28. The topological polar surface area (TPSA) is 47.3 Å². The Balaban J connectivity index is 1.96. The highest BCUT2D eigenvalue weighted by Gasteiger charge is 2.30. The van der Waals surface area contributed by atoms with E-state index < -0.39 is 0 Å². The lowest BCUT2D eigenvalue weighted by Gasteiger charge is -2.34. The van der Waals surface area contributed by atoms with Gasteiger partial charge < -0.3 is 15.8 Å². The molecule has 2 atom stereocenters. The molecule has 0 bridgehead atoms. The summed E-state index contributed by atoms with van der Waals surface area (Å²) in [6, 6.07) is 17.3. The molecule has 21 heavy (non-hydrogen) atoms. The fourth-order valence-electron chi connectivity index (χ4n) is 3.06. The van der Waals surface area contributed by atoms with Crippen molar-refractivity contribution in [1.29, 1.82) is 0 Å². The van der Waals surface area contributed by atoms with Crippen LogP contribution in [0.2, 0.25) is 0 Å². The van der Waals surface area contributed by atoms with Crippen LogP contribution < -0.4 is 15.8 Å². The van der Waals surface area contributed by atoms with Gasteiger partial charge in [-0.2, -0.15) is 0 Å². The number of benzene rings is 2. The number of rotatable bonds is 4. The van der Waals surface area contributed by atoms with Crippen molar-refractivity contribution < 1.29 is 4.74 Å². The van der Waals surface area contributed by atoms with Gasteiger partial charge in [0.25, 0.3) is 0 Å². The SMILES string of the molecule is CN[C@@H]1COc2ccc(CN)cc2[C@H]1Cc1ccccc1. The number of hydrogen-bond acceptors (Lipinski definition) is 3. The molecule has 3 nitrogen and oxygen atoms in total. The lowest BCUT2D eigenvalue weighted by molar-refractivity contribution is 0.218. The van der Waals surface area contributed by atoms with Crippen LogP contribution >= 0.6 is 0 Å². The second-order valence-corrected chi connectivity index (χ2v) is 5.58. The second-order valence-electron chi connectivity index (χ2n) is 5.58. The second kappa shape index (κ2) is 6.29. The predicted molar refractivity (Wildman–Crippen MR) is 85.6 cm³/mol. The zero-order chi connectivity index (χ0) is 14.7. The Kier molecular flexibility index (Phi) is 4.23. The molecule has 0 aliphatic carbocycles. The maximum atomic E-state index is 5.89. The summed E-state index contributed by atoms with van der Waals surface area (Å²) >= 11 is 0. The van der Waals surface area contributed by atoms with Crippen molar-refractivity contribution in [3.05, 3.63) is 65.2 Å². The molecule has 0 saturated carbocycles. The van der Waals surface area contributed by atoms with Crippen LogP contribution in [0, 0.1) is 0 Å². The Morgan fingerprint density at radius 3 is 2.67 bits per heavy atom. The highest BCUT2D eigenvalue weighted by molar-refractivity contribution is 5.43. The van der Waals surface area contributed by atoms with E-state index in [1.165, 1.54) is 11.1 Å². The molecular formula is C18H22N2O. The van der Waals surface area contributed by atoms with Gasteiger partial charge in [-0.1, -0.05) is 42.5 Å². The summed E-state index contributed by atoms with van der Waals surface area (Å²) < 4.78 is 5.89. The van der Waals surface area contributed by atoms with Crippen molar-refractivity contribution in [3.8, 4) is 5.75 Å². The first-order chi connectivity index (χ1) is 10.3. The maximum Gasteiger partial charge on any atom is 0.122 e. The number of ether oxygens (including phenoxy) is 1. The lowest BCUT2D eigenvalue weighted by atomic mass is 9.83. The first-order valence-electron chi connectivity index (χ1n) is 7.48. The predicted octanol–water partition coefficient (Wildman–Crippen LogP) is 2.45. The summed E-state index contributed by atoms with van der Waals surface area (Å²) in [5.74, 6) is 1.41. The Morgan fingerprint density at radius 1 is 1.14 bits per heavy atom. The van der Waals surface area contributed by atoms with E-state index in [-0.39, 0.29) is 0 Å². The molecule has 0 radical (unpaired) electrons. The van der Waals surface area contributed by atoms with E-state index in [9.17, 15) is 0 Å². The number of likely N-dealkylation sites (N-methyl/N-ethyl adjacent to an activating group) is 1. The van der Waals surface area contributed by atoms with Crippen molar-refractivity contribution in [3.63, 3.8) is 0 Å². The average molecular weight is 282 g/mol. The molecule has 3 rings (SSSR count). The molecule has 2 aromatic carbocycles. The minimum Gasteiger partial charge on any atom is -0.492 e. The van der Waals surface area contributed by atoms with Gasteiger partial charge in [0.1, 0.15) is 12.4 Å². The molecule has 1 aliphatic heterocycles. The van der Waals surface area contributed by atoms with Gasteiger partial charge in [0.15, 0.2) is 0 Å². The molecule has 3 N–H and O–H groups in total. The van der Waals surface area contributed by atoms with Crippen LogP contribution in [0.3, 0.4) is 0 Å². The van der Waals surface area contributed by atoms with Gasteiger partial charge in [0, 0.05) is 18.5 Å². The summed E-state index contributed by atoms with van der Waals surface area (Å²) in [5.41, 5.74) is 9.58. The zero-order valence-corrected chi connectivity index (χ0v) is 12.4. The van der Waals surface area contributed by atoms with E-state index in [1.54, 1.807) is 0 Å². The minimum atomic E-state index is 0.325. The molecule has 0 unspecified atom stereocenters. The van der Waals surface area contributed by atoms with Gasteiger partial charge >= 0.3 is 0 Å². The fraction of sp³-hybridized carbons (Fsp3) is 0.333. The smallest absolute Gasteiger partial charge is 0.122 e. The maximum absolute atomic E-state index is 5.89. The minimum absolute atomic E-state index is 0.325. The number of hydrogen-bond donors (Lipinski definition) is 2. The molecule has 0 fully saturated rings. The van der Waals surface area contributed by atoms with Gasteiger partial charge in [-0.15, -0.1) is 0 Å². The molecule has 3 heteroatoms. The van der Waals surface area contributed by atoms with Crippen LogP contribution in [-0.2, 0) is 13.0 Å². The van der Waals surface area contributed by atoms with E-state index in [1.807, 2.05) is 7.05 Å². The molecule has 0 amide bonds. The number of nitrogens with one attached hydrogen (secondary N) is 1. The summed E-state index contributed by atoms with van der Waals surface area (Å²) in [6.07, 6.45) is 1.01. The highest BCUT2D eigenvalue weighted by Crippen LogP contribution is 2.36. The van der Waals surface area contributed by atoms with Crippen LogP contribution in [0.1, 0.15) is 22.6 Å². The third-order valence-electron chi connectivity index (χ3n) is 4.28. The van der Waals surface area contributed by atoms with Crippen molar-refractivity contribution in [1.82, 2.24) is 5.32 Å². The molecule has 2 aromatic rings. The molecule has 1 aliphatic rings.